The van der Waals surface area contributed by atoms with Gasteiger partial charge in [-0.3, -0.25) is 9.69 Å². The fraction of sp³-hybridized carbons (Fsp3) is 0.588. The van der Waals surface area contributed by atoms with Crippen LogP contribution in [0.2, 0.25) is 0 Å². The summed E-state index contributed by atoms with van der Waals surface area (Å²) in [7, 11) is 0. The molecule has 1 atom stereocenters. The third kappa shape index (κ3) is 5.48. The van der Waals surface area contributed by atoms with Crippen molar-refractivity contribution < 1.29 is 19.0 Å². The number of aliphatic hydroxyl groups is 1. The van der Waals surface area contributed by atoms with Crippen LogP contribution in [0.1, 0.15) is 19.8 Å². The molecular weight excluding hydrogens is 299 g/mol. The third-order valence-corrected chi connectivity index (χ3v) is 4.08. The Labute approximate surface area is 136 Å². The lowest BCUT2D eigenvalue weighted by Crippen LogP contribution is -2.50. The Morgan fingerprint density at radius 3 is 2.65 bits per heavy atom. The van der Waals surface area contributed by atoms with Crippen molar-refractivity contribution in [2.45, 2.75) is 25.9 Å². The minimum absolute atomic E-state index is 0.0250. The Hall–Kier alpha value is -1.66. The number of halogens is 1. The fourth-order valence-corrected chi connectivity index (χ4v) is 2.58. The van der Waals surface area contributed by atoms with Crippen LogP contribution in [-0.4, -0.2) is 66.2 Å². The molecule has 5 nitrogen and oxygen atoms in total. The first-order chi connectivity index (χ1) is 11.1. The van der Waals surface area contributed by atoms with E-state index in [1.165, 1.54) is 6.07 Å². The summed E-state index contributed by atoms with van der Waals surface area (Å²) >= 11 is 0. The number of hydrogen-bond donors (Lipinski definition) is 1. The highest BCUT2D eigenvalue weighted by atomic mass is 19.1. The summed E-state index contributed by atoms with van der Waals surface area (Å²) in [6.45, 7) is 5.67. The molecule has 1 fully saturated rings. The maximum absolute atomic E-state index is 13.4. The number of ether oxygens (including phenoxy) is 1. The molecule has 0 aromatic heterocycles. The zero-order chi connectivity index (χ0) is 16.7. The van der Waals surface area contributed by atoms with E-state index in [4.69, 9.17) is 4.74 Å². The average Bonchev–Trinajstić information content (AvgIpc) is 2.57. The lowest BCUT2D eigenvalue weighted by atomic mass is 10.2. The van der Waals surface area contributed by atoms with Crippen LogP contribution in [0.3, 0.4) is 0 Å². The van der Waals surface area contributed by atoms with Crippen LogP contribution in [0, 0.1) is 5.82 Å². The van der Waals surface area contributed by atoms with Crippen LogP contribution in [0.5, 0.6) is 5.75 Å². The van der Waals surface area contributed by atoms with Gasteiger partial charge in [0.05, 0.1) is 19.1 Å². The van der Waals surface area contributed by atoms with Crippen molar-refractivity contribution in [2.24, 2.45) is 0 Å². The summed E-state index contributed by atoms with van der Waals surface area (Å²) in [6, 6.07) is 6.19. The number of β-amino-alcohol motifs (C(OH)–C–C–N with tert-alkyl or cyclic N) is 1. The first-order valence-electron chi connectivity index (χ1n) is 8.15. The number of hydrogen-bond acceptors (Lipinski definition) is 4. The van der Waals surface area contributed by atoms with Crippen LogP contribution in [0.15, 0.2) is 24.3 Å². The molecule has 0 radical (unpaired) electrons. The van der Waals surface area contributed by atoms with Gasteiger partial charge < -0.3 is 14.7 Å². The first-order valence-corrected chi connectivity index (χ1v) is 8.15. The molecule has 1 N–H and O–H groups in total. The van der Waals surface area contributed by atoms with E-state index in [0.29, 0.717) is 19.6 Å². The Kier molecular flexibility index (Phi) is 6.80. The Morgan fingerprint density at radius 2 is 2.00 bits per heavy atom. The lowest BCUT2D eigenvalue weighted by molar-refractivity contribution is -0.133. The molecule has 0 unspecified atom stereocenters. The van der Waals surface area contributed by atoms with Gasteiger partial charge in [0.1, 0.15) is 0 Å². The molecule has 128 valence electrons. The van der Waals surface area contributed by atoms with Crippen LogP contribution in [-0.2, 0) is 4.79 Å². The van der Waals surface area contributed by atoms with Crippen molar-refractivity contribution >= 4 is 5.91 Å². The topological polar surface area (TPSA) is 53.0 Å². The molecule has 1 aromatic rings. The smallest absolute Gasteiger partial charge is 0.226 e. The van der Waals surface area contributed by atoms with E-state index >= 15 is 0 Å². The quantitative estimate of drug-likeness (QED) is 0.826. The number of carbonyl (C=O) groups excluding carboxylic acids is 1. The SMILES string of the molecule is CC[C@@H](O)CN1CCN(C(=O)CCOc2ccccc2F)CC1. The molecule has 1 aliphatic heterocycles. The molecule has 1 aromatic carbocycles. The molecule has 1 aliphatic rings. The molecule has 0 aliphatic carbocycles. The van der Waals surface area contributed by atoms with Crippen molar-refractivity contribution in [3.8, 4) is 5.75 Å². The van der Waals surface area contributed by atoms with Gasteiger partial charge in [0.15, 0.2) is 11.6 Å². The molecule has 2 rings (SSSR count). The van der Waals surface area contributed by atoms with Gasteiger partial charge >= 0.3 is 0 Å². The van der Waals surface area contributed by atoms with Gasteiger partial charge in [-0.05, 0) is 18.6 Å². The number of rotatable bonds is 7. The number of para-hydroxylation sites is 1. The van der Waals surface area contributed by atoms with Crippen molar-refractivity contribution in [1.29, 1.82) is 0 Å². The standard InChI is InChI=1S/C17H25FN2O3/c1-2-14(21)13-19-8-10-20(11-9-19)17(22)7-12-23-16-6-4-3-5-15(16)18/h3-6,14,21H,2,7-13H2,1H3/t14-/m1/s1. The second-order valence-electron chi connectivity index (χ2n) is 5.77. The molecule has 23 heavy (non-hydrogen) atoms. The van der Waals surface area contributed by atoms with Gasteiger partial charge in [0.25, 0.3) is 0 Å². The fourth-order valence-electron chi connectivity index (χ4n) is 2.58. The Bertz CT molecular complexity index is 504. The van der Waals surface area contributed by atoms with E-state index in [1.807, 2.05) is 6.92 Å². The van der Waals surface area contributed by atoms with E-state index in [2.05, 4.69) is 4.90 Å². The average molecular weight is 324 g/mol. The second-order valence-corrected chi connectivity index (χ2v) is 5.77. The van der Waals surface area contributed by atoms with Gasteiger partial charge in [0, 0.05) is 32.7 Å². The highest BCUT2D eigenvalue weighted by Crippen LogP contribution is 2.15. The summed E-state index contributed by atoms with van der Waals surface area (Å²) in [5.41, 5.74) is 0. The molecule has 6 heteroatoms. The van der Waals surface area contributed by atoms with Crippen LogP contribution in [0.4, 0.5) is 4.39 Å². The number of benzene rings is 1. The monoisotopic (exact) mass is 324 g/mol. The van der Waals surface area contributed by atoms with Gasteiger partial charge in [-0.25, -0.2) is 4.39 Å². The van der Waals surface area contributed by atoms with E-state index in [-0.39, 0.29) is 30.8 Å². The minimum atomic E-state index is -0.414. The van der Waals surface area contributed by atoms with Crippen molar-refractivity contribution in [2.75, 3.05) is 39.3 Å². The van der Waals surface area contributed by atoms with Crippen molar-refractivity contribution in [3.05, 3.63) is 30.1 Å². The van der Waals surface area contributed by atoms with Crippen molar-refractivity contribution in [1.82, 2.24) is 9.80 Å². The number of amides is 1. The van der Waals surface area contributed by atoms with Crippen LogP contribution >= 0.6 is 0 Å². The van der Waals surface area contributed by atoms with Crippen LogP contribution in [0.25, 0.3) is 0 Å². The zero-order valence-electron chi connectivity index (χ0n) is 13.6. The Balaban J connectivity index is 1.68. The maximum atomic E-state index is 13.4. The molecular formula is C17H25FN2O3. The first kappa shape index (κ1) is 17.7. The summed E-state index contributed by atoms with van der Waals surface area (Å²) < 4.78 is 18.7. The molecule has 1 saturated heterocycles. The predicted molar refractivity (Wildman–Crippen MR) is 85.8 cm³/mol. The van der Waals surface area contributed by atoms with E-state index in [1.54, 1.807) is 23.1 Å². The molecule has 0 bridgehead atoms. The number of piperazine rings is 1. The highest BCUT2D eigenvalue weighted by Gasteiger charge is 2.22. The summed E-state index contributed by atoms with van der Waals surface area (Å²) in [4.78, 5) is 16.1. The number of aliphatic hydroxyl groups excluding tert-OH is 1. The molecule has 1 heterocycles. The molecule has 0 saturated carbocycles. The predicted octanol–water partition coefficient (Wildman–Crippen LogP) is 1.51. The number of carbonyl (C=O) groups is 1. The largest absolute Gasteiger partial charge is 0.490 e. The van der Waals surface area contributed by atoms with E-state index in [0.717, 1.165) is 19.5 Å². The second kappa shape index (κ2) is 8.84. The van der Waals surface area contributed by atoms with Gasteiger partial charge in [-0.1, -0.05) is 19.1 Å². The van der Waals surface area contributed by atoms with Crippen LogP contribution < -0.4 is 4.74 Å². The highest BCUT2D eigenvalue weighted by molar-refractivity contribution is 5.76. The van der Waals surface area contributed by atoms with E-state index in [9.17, 15) is 14.3 Å². The summed E-state index contributed by atoms with van der Waals surface area (Å²) in [6.07, 6.45) is 0.685. The maximum Gasteiger partial charge on any atom is 0.226 e. The van der Waals surface area contributed by atoms with Gasteiger partial charge in [-0.2, -0.15) is 0 Å². The molecule has 1 amide bonds. The lowest BCUT2D eigenvalue weighted by Gasteiger charge is -2.35. The Morgan fingerprint density at radius 1 is 1.30 bits per heavy atom. The number of nitrogens with zero attached hydrogens (tertiary/aromatic N) is 2. The zero-order valence-corrected chi connectivity index (χ0v) is 13.6. The van der Waals surface area contributed by atoms with Gasteiger partial charge in [-0.15, -0.1) is 0 Å². The van der Waals surface area contributed by atoms with E-state index < -0.39 is 5.82 Å². The minimum Gasteiger partial charge on any atom is -0.490 e. The van der Waals surface area contributed by atoms with Crippen molar-refractivity contribution in [3.63, 3.8) is 0 Å². The summed E-state index contributed by atoms with van der Waals surface area (Å²) in [5, 5.41) is 9.66. The van der Waals surface area contributed by atoms with Gasteiger partial charge in [0.2, 0.25) is 5.91 Å². The normalized spacial score (nSPS) is 17.1. The third-order valence-electron chi connectivity index (χ3n) is 4.08. The summed E-state index contributed by atoms with van der Waals surface area (Å²) in [5.74, 6) is -0.209. The molecule has 0 spiro atoms.